The Hall–Kier alpha value is -5.68. The highest BCUT2D eigenvalue weighted by atomic mass is 16.5. The van der Waals surface area contributed by atoms with Crippen molar-refractivity contribution < 1.29 is 13.9 Å². The number of anilines is 1. The molecule has 1 aliphatic heterocycles. The maximum Gasteiger partial charge on any atom is 0.338 e. The van der Waals surface area contributed by atoms with Crippen LogP contribution < -0.4 is 11.1 Å². The van der Waals surface area contributed by atoms with Gasteiger partial charge in [0.2, 0.25) is 0 Å². The maximum absolute atomic E-state index is 13.2. The fraction of sp³-hybridized carbons (Fsp3) is 0.100. The number of unbranched alkanes of at least 4 members (excludes halogenated alkanes) is 1. The Balaban J connectivity index is 0.992. The zero-order valence-electron chi connectivity index (χ0n) is 24.6. The topological polar surface area (TPSA) is 89.3 Å². The van der Waals surface area contributed by atoms with Crippen molar-refractivity contribution in [3.63, 3.8) is 0 Å². The summed E-state index contributed by atoms with van der Waals surface area (Å²) in [5.74, 6) is 0.250. The molecule has 0 amide bonds. The third-order valence-electron chi connectivity index (χ3n) is 8.83. The molecule has 0 radical (unpaired) electrons. The van der Waals surface area contributed by atoms with E-state index in [0.717, 1.165) is 41.3 Å². The quantitative estimate of drug-likeness (QED) is 0.0640. The first-order valence-corrected chi connectivity index (χ1v) is 15.3. The summed E-state index contributed by atoms with van der Waals surface area (Å²) < 4.78 is 11.9. The number of ether oxygens (including phenoxy) is 1. The molecular formula is C40H30N2O3. The molecule has 0 saturated heterocycles. The molecule has 0 unspecified atom stereocenters. The minimum absolute atomic E-state index is 0.341. The first-order valence-electron chi connectivity index (χ1n) is 15.3. The van der Waals surface area contributed by atoms with Crippen molar-refractivity contribution in [2.75, 3.05) is 12.3 Å². The summed E-state index contributed by atoms with van der Waals surface area (Å²) in [6.07, 6.45) is 2.62. The number of rotatable bonds is 7. The second-order valence-electron chi connectivity index (χ2n) is 11.7. The Bertz CT molecular complexity index is 2410. The smallest absolute Gasteiger partial charge is 0.338 e. The van der Waals surface area contributed by atoms with Crippen molar-refractivity contribution in [3.8, 4) is 22.5 Å². The molecule has 5 nitrogen and oxygen atoms in total. The van der Waals surface area contributed by atoms with E-state index in [1.165, 1.54) is 37.9 Å². The van der Waals surface area contributed by atoms with E-state index >= 15 is 0 Å². The minimum atomic E-state index is -0.341. The van der Waals surface area contributed by atoms with E-state index in [-0.39, 0.29) is 5.97 Å². The first-order chi connectivity index (χ1) is 22.0. The third-order valence-corrected chi connectivity index (χ3v) is 8.83. The largest absolute Gasteiger partial charge is 0.462 e. The van der Waals surface area contributed by atoms with Gasteiger partial charge in [-0.2, -0.15) is 0 Å². The van der Waals surface area contributed by atoms with E-state index in [0.29, 0.717) is 34.6 Å². The van der Waals surface area contributed by atoms with E-state index in [9.17, 15) is 4.79 Å². The van der Waals surface area contributed by atoms with Gasteiger partial charge in [0.15, 0.2) is 0 Å². The molecule has 0 saturated carbocycles. The SMILES string of the molecule is N=c1ccc2c(-c3cccc(C(=O)OCCCCc4ccc5ccc6cccc7ccc4c5c67)c3)c3ccc(N)cc3oc-2c1. The number of benzene rings is 7. The van der Waals surface area contributed by atoms with Gasteiger partial charge in [-0.15, -0.1) is 0 Å². The summed E-state index contributed by atoms with van der Waals surface area (Å²) >= 11 is 0. The highest BCUT2D eigenvalue weighted by Crippen LogP contribution is 2.41. The second-order valence-corrected chi connectivity index (χ2v) is 11.7. The highest BCUT2D eigenvalue weighted by Gasteiger charge is 2.19. The van der Waals surface area contributed by atoms with Crippen LogP contribution in [0.4, 0.5) is 5.69 Å². The number of fused-ring (bicyclic) bond motifs is 2. The predicted molar refractivity (Wildman–Crippen MR) is 182 cm³/mol. The average Bonchev–Trinajstić information content (AvgIpc) is 3.06. The van der Waals surface area contributed by atoms with Crippen molar-refractivity contribution in [1.29, 1.82) is 5.41 Å². The lowest BCUT2D eigenvalue weighted by Crippen LogP contribution is -2.07. The maximum atomic E-state index is 13.2. The number of nitrogens with two attached hydrogens (primary N) is 1. The van der Waals surface area contributed by atoms with Crippen LogP contribution in [0, 0.1) is 5.41 Å². The van der Waals surface area contributed by atoms with Crippen LogP contribution >= 0.6 is 0 Å². The van der Waals surface area contributed by atoms with Gasteiger partial charge in [0.25, 0.3) is 0 Å². The van der Waals surface area contributed by atoms with E-state index in [2.05, 4.69) is 54.6 Å². The molecule has 218 valence electrons. The van der Waals surface area contributed by atoms with Gasteiger partial charge in [0, 0.05) is 34.3 Å². The molecule has 0 bridgehead atoms. The van der Waals surface area contributed by atoms with Crippen molar-refractivity contribution >= 4 is 54.9 Å². The van der Waals surface area contributed by atoms with E-state index in [4.69, 9.17) is 20.3 Å². The van der Waals surface area contributed by atoms with Gasteiger partial charge < -0.3 is 20.3 Å². The molecule has 0 aromatic heterocycles. The second kappa shape index (κ2) is 10.8. The summed E-state index contributed by atoms with van der Waals surface area (Å²) in [6, 6.07) is 38.2. The summed E-state index contributed by atoms with van der Waals surface area (Å²) in [5.41, 5.74) is 11.7. The number of nitrogen functional groups attached to an aromatic ring is 1. The van der Waals surface area contributed by atoms with Crippen LogP contribution in [0.15, 0.2) is 120 Å². The fourth-order valence-electron chi connectivity index (χ4n) is 6.70. The van der Waals surface area contributed by atoms with E-state index < -0.39 is 0 Å². The van der Waals surface area contributed by atoms with E-state index in [1.807, 2.05) is 36.4 Å². The molecule has 45 heavy (non-hydrogen) atoms. The predicted octanol–water partition coefficient (Wildman–Crippen LogP) is 9.34. The van der Waals surface area contributed by atoms with Gasteiger partial charge >= 0.3 is 5.97 Å². The molecule has 1 heterocycles. The molecule has 1 aliphatic carbocycles. The van der Waals surface area contributed by atoms with Crippen molar-refractivity contribution in [1.82, 2.24) is 0 Å². The Morgan fingerprint density at radius 1 is 0.733 bits per heavy atom. The number of hydrogen-bond acceptors (Lipinski definition) is 5. The molecular weight excluding hydrogens is 556 g/mol. The minimum Gasteiger partial charge on any atom is -0.462 e. The molecule has 0 spiro atoms. The number of nitrogens with one attached hydrogen (secondary N) is 1. The number of carbonyl (C=O) groups is 1. The Morgan fingerprint density at radius 2 is 1.49 bits per heavy atom. The van der Waals surface area contributed by atoms with Gasteiger partial charge in [-0.3, -0.25) is 0 Å². The normalized spacial score (nSPS) is 11.7. The van der Waals surface area contributed by atoms with Crippen LogP contribution in [0.25, 0.3) is 65.7 Å². The molecule has 6 aromatic carbocycles. The van der Waals surface area contributed by atoms with Crippen LogP contribution in [0.1, 0.15) is 28.8 Å². The molecule has 6 aromatic rings. The Labute approximate surface area is 259 Å². The third kappa shape index (κ3) is 4.74. The molecule has 0 fully saturated rings. The summed E-state index contributed by atoms with van der Waals surface area (Å²) in [5, 5.41) is 17.1. The summed E-state index contributed by atoms with van der Waals surface area (Å²) in [6.45, 7) is 0.358. The zero-order chi connectivity index (χ0) is 30.5. The monoisotopic (exact) mass is 586 g/mol. The van der Waals surface area contributed by atoms with Crippen LogP contribution in [-0.2, 0) is 11.2 Å². The molecule has 0 atom stereocenters. The lowest BCUT2D eigenvalue weighted by atomic mass is 9.91. The van der Waals surface area contributed by atoms with Gasteiger partial charge in [0.1, 0.15) is 11.3 Å². The van der Waals surface area contributed by atoms with Gasteiger partial charge in [-0.1, -0.05) is 66.7 Å². The first kappa shape index (κ1) is 26.9. The van der Waals surface area contributed by atoms with Gasteiger partial charge in [-0.25, -0.2) is 4.79 Å². The van der Waals surface area contributed by atoms with Crippen LogP contribution in [0.3, 0.4) is 0 Å². The average molecular weight is 587 g/mol. The van der Waals surface area contributed by atoms with Gasteiger partial charge in [-0.05, 0) is 99.1 Å². The fourth-order valence-corrected chi connectivity index (χ4v) is 6.70. The highest BCUT2D eigenvalue weighted by molar-refractivity contribution is 6.23. The van der Waals surface area contributed by atoms with E-state index in [1.54, 1.807) is 24.3 Å². The lowest BCUT2D eigenvalue weighted by Gasteiger charge is -2.16. The standard InChI is InChI=1S/C40H30N2O3/c41-30-15-18-33-35(22-30)45-36-23-31(42)16-19-34(36)38(33)28-8-4-9-29(21-28)40(43)44-20-2-1-5-24-10-11-27-13-12-25-6-3-7-26-14-17-32(24)39(27)37(25)26/h3-4,6-19,21-23,41H,1-2,5,20,42H2. The summed E-state index contributed by atoms with van der Waals surface area (Å²) in [7, 11) is 0. The van der Waals surface area contributed by atoms with Gasteiger partial charge in [0.05, 0.1) is 17.5 Å². The number of aryl methyl sites for hydroxylation is 1. The number of carbonyl (C=O) groups excluding carboxylic acids is 1. The van der Waals surface area contributed by atoms with Crippen molar-refractivity contribution in [3.05, 3.63) is 132 Å². The molecule has 8 rings (SSSR count). The number of hydrogen-bond donors (Lipinski definition) is 2. The zero-order valence-corrected chi connectivity index (χ0v) is 24.6. The van der Waals surface area contributed by atoms with Crippen LogP contribution in [-0.4, -0.2) is 12.6 Å². The lowest BCUT2D eigenvalue weighted by molar-refractivity contribution is 0.0498. The Morgan fingerprint density at radius 3 is 2.36 bits per heavy atom. The summed E-state index contributed by atoms with van der Waals surface area (Å²) in [4.78, 5) is 13.2. The van der Waals surface area contributed by atoms with Crippen molar-refractivity contribution in [2.24, 2.45) is 0 Å². The van der Waals surface area contributed by atoms with Crippen molar-refractivity contribution in [2.45, 2.75) is 19.3 Å². The van der Waals surface area contributed by atoms with Crippen LogP contribution in [0.5, 0.6) is 0 Å². The molecule has 3 N–H and O–H groups in total. The van der Waals surface area contributed by atoms with Crippen LogP contribution in [0.2, 0.25) is 0 Å². The molecule has 2 aliphatic rings. The number of esters is 1. The Kier molecular flexibility index (Phi) is 6.45. The molecule has 5 heteroatoms.